The molecule has 0 bridgehead atoms. The fourth-order valence-electron chi connectivity index (χ4n) is 1.53. The van der Waals surface area contributed by atoms with Gasteiger partial charge in [-0.3, -0.25) is 0 Å². The van der Waals surface area contributed by atoms with Gasteiger partial charge in [-0.2, -0.15) is 0 Å². The molecule has 0 spiro atoms. The van der Waals surface area contributed by atoms with Crippen LogP contribution in [0.1, 0.15) is 26.3 Å². The average Bonchev–Trinajstić information content (AvgIpc) is 2.40. The molecule has 1 aromatic carbocycles. The minimum absolute atomic E-state index is 0.0153. The maximum absolute atomic E-state index is 11.6. The van der Waals surface area contributed by atoms with E-state index in [1.54, 1.807) is 29.7 Å². The topological polar surface area (TPSA) is 64.6 Å². The van der Waals surface area contributed by atoms with E-state index in [1.807, 2.05) is 13.8 Å². The molecule has 124 valence electrons. The quantitative estimate of drug-likeness (QED) is 0.439. The van der Waals surface area contributed by atoms with Crippen molar-refractivity contribution in [1.82, 2.24) is 0 Å². The van der Waals surface area contributed by atoms with E-state index >= 15 is 0 Å². The van der Waals surface area contributed by atoms with Crippen molar-refractivity contribution in [2.24, 2.45) is 0 Å². The molecule has 0 heterocycles. The zero-order valence-electron chi connectivity index (χ0n) is 12.3. The summed E-state index contributed by atoms with van der Waals surface area (Å²) in [6.45, 7) is 5.56. The number of hydrogen-bond donors (Lipinski definition) is 1. The monoisotopic (exact) mass is 435 g/mol. The summed E-state index contributed by atoms with van der Waals surface area (Å²) in [5.74, 6) is -1.15. The first kappa shape index (κ1) is 19.1. The molecule has 0 aliphatic carbocycles. The number of rotatable bonds is 5. The fraction of sp³-hybridized carbons (Fsp3) is 0.357. The van der Waals surface area contributed by atoms with Crippen molar-refractivity contribution >= 4 is 41.6 Å². The second-order valence-corrected chi connectivity index (χ2v) is 10.1. The number of anilines is 1. The van der Waals surface area contributed by atoms with Crippen LogP contribution in [0.4, 0.5) is 5.69 Å². The predicted molar refractivity (Wildman–Crippen MR) is 84.3 cm³/mol. The number of carbonyl (C=O) groups excluding carboxylic acids is 2. The molecule has 1 N–H and O–H groups in total. The summed E-state index contributed by atoms with van der Waals surface area (Å²) >= 11 is -2.06. The van der Waals surface area contributed by atoms with E-state index in [9.17, 15) is 9.59 Å². The summed E-state index contributed by atoms with van der Waals surface area (Å²) in [6, 6.07) is 4.98. The van der Waals surface area contributed by atoms with Gasteiger partial charge in [-0.25, -0.2) is 0 Å². The maximum atomic E-state index is 11.6. The Morgan fingerprint density at radius 2 is 2.05 bits per heavy atom. The van der Waals surface area contributed by atoms with Gasteiger partial charge in [0, 0.05) is 0 Å². The van der Waals surface area contributed by atoms with Gasteiger partial charge >= 0.3 is 142 Å². The summed E-state index contributed by atoms with van der Waals surface area (Å²) < 4.78 is 12.0. The summed E-state index contributed by atoms with van der Waals surface area (Å²) in [5.41, 5.74) is 1.11. The zero-order chi connectivity index (χ0) is 16.7. The Bertz CT molecular complexity index is 586. The molecule has 0 fully saturated rings. The molecule has 1 aromatic rings. The molecule has 0 unspecified atom stereocenters. The van der Waals surface area contributed by atoms with Crippen LogP contribution in [-0.2, 0) is 27.8 Å². The Balaban J connectivity index is 3.01. The number of carbonyl (C=O) groups is 2. The molecular formula is C14H17Cl2NO4Ru. The number of benzene rings is 1. The molecule has 8 heteroatoms. The van der Waals surface area contributed by atoms with Gasteiger partial charge in [0.1, 0.15) is 0 Å². The Hall–Kier alpha value is -0.967. The van der Waals surface area contributed by atoms with E-state index in [4.69, 9.17) is 24.1 Å². The van der Waals surface area contributed by atoms with Crippen molar-refractivity contribution in [3.05, 3.63) is 23.8 Å². The van der Waals surface area contributed by atoms with E-state index < -0.39 is 25.4 Å². The first-order valence-corrected chi connectivity index (χ1v) is 11.9. The molecule has 0 saturated carbocycles. The third kappa shape index (κ3) is 6.43. The number of ether oxygens (including phenoxy) is 2. The fourth-order valence-corrected chi connectivity index (χ4v) is 3.31. The summed E-state index contributed by atoms with van der Waals surface area (Å²) in [7, 11) is 11.8. The number of halogens is 2. The molecule has 0 aliphatic rings. The van der Waals surface area contributed by atoms with Crippen LogP contribution in [0.25, 0.3) is 0 Å². The van der Waals surface area contributed by atoms with Gasteiger partial charge < -0.3 is 0 Å². The molecule has 0 saturated heterocycles. The predicted octanol–water partition coefficient (Wildman–Crippen LogP) is 3.05. The number of amides is 1. The van der Waals surface area contributed by atoms with Gasteiger partial charge in [0.15, 0.2) is 0 Å². The van der Waals surface area contributed by atoms with Gasteiger partial charge in [-0.1, -0.05) is 0 Å². The van der Waals surface area contributed by atoms with Crippen LogP contribution in [-0.4, -0.2) is 29.2 Å². The van der Waals surface area contributed by atoms with Crippen LogP contribution in [0.5, 0.6) is 5.75 Å². The van der Waals surface area contributed by atoms with Crippen LogP contribution in [0.2, 0.25) is 0 Å². The molecule has 22 heavy (non-hydrogen) atoms. The first-order chi connectivity index (χ1) is 10.3. The Morgan fingerprint density at radius 1 is 1.36 bits per heavy atom. The summed E-state index contributed by atoms with van der Waals surface area (Å²) in [5, 5.41) is 2.46. The SMILES string of the molecule is CCOC(=O)C(=O)Nc1ccc(OC(C)C)c([CH]=[Ru]([Cl])[Cl])c1. The van der Waals surface area contributed by atoms with Crippen LogP contribution in [0.3, 0.4) is 0 Å². The second-order valence-electron chi connectivity index (χ2n) is 4.40. The number of nitrogens with one attached hydrogen (secondary N) is 1. The van der Waals surface area contributed by atoms with Crippen molar-refractivity contribution < 1.29 is 32.6 Å². The van der Waals surface area contributed by atoms with Crippen molar-refractivity contribution in [2.75, 3.05) is 11.9 Å². The molecule has 5 nitrogen and oxygen atoms in total. The van der Waals surface area contributed by atoms with Crippen LogP contribution in [0.15, 0.2) is 18.2 Å². The van der Waals surface area contributed by atoms with Gasteiger partial charge in [-0.05, 0) is 0 Å². The van der Waals surface area contributed by atoms with Crippen LogP contribution in [0, 0.1) is 0 Å². The summed E-state index contributed by atoms with van der Waals surface area (Å²) in [6.07, 6.45) is -0.0153. The Morgan fingerprint density at radius 3 is 2.59 bits per heavy atom. The second kappa shape index (κ2) is 9.23. The van der Waals surface area contributed by atoms with Gasteiger partial charge in [0.25, 0.3) is 0 Å². The standard InChI is InChI=1S/C14H17NO4.2ClH.Ru/c1-5-18-14(17)13(16)15-11-6-7-12(10(4)8-11)19-9(2)3;;;/h4,6-9H,5H2,1-3H3,(H,15,16);2*1H;/q;;;+2/p-2. The molecular weight excluding hydrogens is 418 g/mol. The van der Waals surface area contributed by atoms with Gasteiger partial charge in [-0.15, -0.1) is 0 Å². The van der Waals surface area contributed by atoms with E-state index in [1.165, 1.54) is 0 Å². The Labute approximate surface area is 142 Å². The normalized spacial score (nSPS) is 10.9. The van der Waals surface area contributed by atoms with Crippen molar-refractivity contribution in [3.8, 4) is 5.75 Å². The Kier molecular flexibility index (Phi) is 8.01. The molecule has 0 aliphatic heterocycles. The van der Waals surface area contributed by atoms with Crippen LogP contribution < -0.4 is 10.1 Å². The molecule has 0 atom stereocenters. The van der Waals surface area contributed by atoms with Crippen LogP contribution >= 0.6 is 19.4 Å². The number of esters is 1. The number of hydrogen-bond acceptors (Lipinski definition) is 4. The van der Waals surface area contributed by atoms with E-state index in [0.717, 1.165) is 0 Å². The minimum atomic E-state index is -2.06. The third-order valence-corrected chi connectivity index (χ3v) is 4.11. The zero-order valence-corrected chi connectivity index (χ0v) is 15.6. The van der Waals surface area contributed by atoms with Crippen molar-refractivity contribution in [2.45, 2.75) is 26.9 Å². The molecule has 0 aromatic heterocycles. The molecule has 0 radical (unpaired) electrons. The molecule has 1 rings (SSSR count). The summed E-state index contributed by atoms with van der Waals surface area (Å²) in [4.78, 5) is 22.9. The van der Waals surface area contributed by atoms with Crippen molar-refractivity contribution in [3.63, 3.8) is 0 Å². The first-order valence-electron chi connectivity index (χ1n) is 6.45. The average molecular weight is 435 g/mol. The molecule has 1 amide bonds. The van der Waals surface area contributed by atoms with E-state index in [0.29, 0.717) is 17.0 Å². The van der Waals surface area contributed by atoms with Gasteiger partial charge in [0.2, 0.25) is 0 Å². The van der Waals surface area contributed by atoms with E-state index in [-0.39, 0.29) is 12.7 Å². The van der Waals surface area contributed by atoms with Crippen molar-refractivity contribution in [1.29, 1.82) is 0 Å². The van der Waals surface area contributed by atoms with E-state index in [2.05, 4.69) is 10.1 Å². The van der Waals surface area contributed by atoms with Gasteiger partial charge in [0.05, 0.1) is 0 Å². The third-order valence-electron chi connectivity index (χ3n) is 2.28.